The van der Waals surface area contributed by atoms with E-state index in [-0.39, 0.29) is 22.6 Å². The minimum absolute atomic E-state index is 0.114. The van der Waals surface area contributed by atoms with Crippen LogP contribution in [-0.2, 0) is 12.5 Å². The van der Waals surface area contributed by atoms with Crippen molar-refractivity contribution in [1.29, 1.82) is 0 Å². The van der Waals surface area contributed by atoms with Gasteiger partial charge in [-0.1, -0.05) is 23.7 Å². The molecule has 1 amide bonds. The van der Waals surface area contributed by atoms with E-state index in [1.54, 1.807) is 6.07 Å². The summed E-state index contributed by atoms with van der Waals surface area (Å²) in [6.07, 6.45) is -5.93. The second-order valence-corrected chi connectivity index (χ2v) is 9.54. The number of carbonyl (C=O) groups is 1. The highest BCUT2D eigenvalue weighted by atomic mass is 35.5. The van der Waals surface area contributed by atoms with E-state index < -0.39 is 29.5 Å². The normalized spacial score (nSPS) is 15.2. The number of piperazine rings is 1. The summed E-state index contributed by atoms with van der Waals surface area (Å²) in [7, 11) is 0. The molecule has 39 heavy (non-hydrogen) atoms. The number of nitrogens with zero attached hydrogens (tertiary/aromatic N) is 5. The summed E-state index contributed by atoms with van der Waals surface area (Å²) in [6, 6.07) is 13.5. The summed E-state index contributed by atoms with van der Waals surface area (Å²) >= 11 is 6.03. The Balaban J connectivity index is 1.43. The first kappa shape index (κ1) is 26.9. The number of halogens is 7. The Hall–Kier alpha value is -3.64. The summed E-state index contributed by atoms with van der Waals surface area (Å²) in [5.41, 5.74) is -1.34. The molecule has 3 heterocycles. The third kappa shape index (κ3) is 5.44. The van der Waals surface area contributed by atoms with Crippen molar-refractivity contribution >= 4 is 23.2 Å². The van der Waals surface area contributed by atoms with Crippen LogP contribution in [0.15, 0.2) is 60.7 Å². The van der Waals surface area contributed by atoms with Crippen LogP contribution in [0.4, 0.5) is 26.3 Å². The lowest BCUT2D eigenvalue weighted by atomic mass is 10.1. The maximum Gasteiger partial charge on any atom is 0.459 e. The van der Waals surface area contributed by atoms with E-state index in [4.69, 9.17) is 11.6 Å². The Morgan fingerprint density at radius 3 is 2.26 bits per heavy atom. The molecule has 4 aromatic rings. The minimum atomic E-state index is -5.93. The van der Waals surface area contributed by atoms with Crippen molar-refractivity contribution in [3.63, 3.8) is 0 Å². The number of fused-ring (bicyclic) bond motifs is 1. The molecule has 0 aliphatic carbocycles. The van der Waals surface area contributed by atoms with E-state index in [1.807, 2.05) is 18.2 Å². The van der Waals surface area contributed by atoms with Crippen molar-refractivity contribution in [3.8, 4) is 11.3 Å². The largest absolute Gasteiger partial charge is 0.459 e. The second-order valence-electron chi connectivity index (χ2n) is 9.10. The van der Waals surface area contributed by atoms with Gasteiger partial charge in [-0.3, -0.25) is 9.69 Å². The highest BCUT2D eigenvalue weighted by molar-refractivity contribution is 6.30. The molecule has 0 atom stereocenters. The average Bonchev–Trinajstić information content (AvgIpc) is 3.32. The molecule has 204 valence electrons. The van der Waals surface area contributed by atoms with Crippen LogP contribution in [0.3, 0.4) is 0 Å². The standard InChI is InChI=1S/C26H20ClF6N5O/c27-18-3-1-2-16(12-18)15-36-8-10-37(11-9-36)24(39)21-14-23-34-20(17-4-6-19(28)7-5-17)13-22(38(23)35-21)25(29,30)26(31,32)33/h1-7,12-14H,8-11,15H2. The van der Waals surface area contributed by atoms with E-state index in [9.17, 15) is 31.1 Å². The van der Waals surface area contributed by atoms with Crippen molar-refractivity contribution in [3.05, 3.63) is 88.5 Å². The molecule has 1 aliphatic rings. The number of rotatable bonds is 5. The zero-order chi connectivity index (χ0) is 27.9. The molecule has 1 saturated heterocycles. The maximum atomic E-state index is 14.6. The van der Waals surface area contributed by atoms with Crippen LogP contribution in [0.25, 0.3) is 16.9 Å². The molecule has 0 spiro atoms. The maximum absolute atomic E-state index is 14.6. The topological polar surface area (TPSA) is 53.7 Å². The van der Waals surface area contributed by atoms with E-state index in [0.29, 0.717) is 48.3 Å². The number of alkyl halides is 5. The van der Waals surface area contributed by atoms with Crippen LogP contribution in [0.2, 0.25) is 5.02 Å². The van der Waals surface area contributed by atoms with Gasteiger partial charge in [-0.2, -0.15) is 27.1 Å². The molecule has 0 unspecified atom stereocenters. The lowest BCUT2D eigenvalue weighted by Crippen LogP contribution is -2.48. The van der Waals surface area contributed by atoms with Gasteiger partial charge in [-0.05, 0) is 48.0 Å². The summed E-state index contributed by atoms with van der Waals surface area (Å²) in [6.45, 7) is 2.23. The number of hydrogen-bond acceptors (Lipinski definition) is 4. The molecule has 0 radical (unpaired) electrons. The van der Waals surface area contributed by atoms with Crippen LogP contribution < -0.4 is 0 Å². The van der Waals surface area contributed by atoms with Crippen LogP contribution in [0.5, 0.6) is 0 Å². The van der Waals surface area contributed by atoms with Gasteiger partial charge < -0.3 is 4.90 Å². The predicted molar refractivity (Wildman–Crippen MR) is 131 cm³/mol. The number of carbonyl (C=O) groups excluding carboxylic acids is 1. The van der Waals surface area contributed by atoms with Gasteiger partial charge in [0.25, 0.3) is 5.91 Å². The lowest BCUT2D eigenvalue weighted by molar-refractivity contribution is -0.291. The van der Waals surface area contributed by atoms with Gasteiger partial charge in [0, 0.05) is 49.4 Å². The first-order valence-electron chi connectivity index (χ1n) is 11.8. The van der Waals surface area contributed by atoms with Crippen molar-refractivity contribution < 1.29 is 31.1 Å². The van der Waals surface area contributed by atoms with Crippen molar-refractivity contribution in [2.75, 3.05) is 26.2 Å². The monoisotopic (exact) mass is 567 g/mol. The fourth-order valence-electron chi connectivity index (χ4n) is 4.38. The molecule has 13 heteroatoms. The molecular formula is C26H20ClF6N5O. The minimum Gasteiger partial charge on any atom is -0.335 e. The molecule has 1 fully saturated rings. The van der Waals surface area contributed by atoms with Gasteiger partial charge in [0.1, 0.15) is 11.5 Å². The smallest absolute Gasteiger partial charge is 0.335 e. The average molecular weight is 568 g/mol. The Morgan fingerprint density at radius 1 is 0.923 bits per heavy atom. The number of hydrogen-bond donors (Lipinski definition) is 0. The van der Waals surface area contributed by atoms with Gasteiger partial charge in [0.05, 0.1) is 5.69 Å². The summed E-state index contributed by atoms with van der Waals surface area (Å²) in [4.78, 5) is 20.9. The molecule has 0 bridgehead atoms. The SMILES string of the molecule is O=C(c1cc2nc(-c3ccc(F)cc3)cc(C(F)(F)C(F)(F)F)n2n1)N1CCN(Cc2cccc(Cl)c2)CC1. The lowest BCUT2D eigenvalue weighted by Gasteiger charge is -2.34. The first-order valence-corrected chi connectivity index (χ1v) is 12.2. The molecule has 5 rings (SSSR count). The van der Waals surface area contributed by atoms with Crippen molar-refractivity contribution in [1.82, 2.24) is 24.4 Å². The fraction of sp³-hybridized carbons (Fsp3) is 0.269. The van der Waals surface area contributed by atoms with Crippen LogP contribution in [0, 0.1) is 5.82 Å². The Bertz CT molecular complexity index is 1510. The molecule has 0 N–H and O–H groups in total. The van der Waals surface area contributed by atoms with E-state index in [2.05, 4.69) is 15.0 Å². The molecule has 6 nitrogen and oxygen atoms in total. The number of aromatic nitrogens is 3. The van der Waals surface area contributed by atoms with Gasteiger partial charge >= 0.3 is 12.1 Å². The van der Waals surface area contributed by atoms with E-state index in [0.717, 1.165) is 23.8 Å². The predicted octanol–water partition coefficient (Wildman–Crippen LogP) is 5.80. The highest BCUT2D eigenvalue weighted by Gasteiger charge is 2.60. The van der Waals surface area contributed by atoms with Crippen LogP contribution in [0.1, 0.15) is 21.7 Å². The molecule has 1 aliphatic heterocycles. The van der Waals surface area contributed by atoms with Gasteiger partial charge in [0.15, 0.2) is 11.3 Å². The Kier molecular flexibility index (Phi) is 7.02. The zero-order valence-electron chi connectivity index (χ0n) is 20.1. The third-order valence-corrected chi connectivity index (χ3v) is 6.65. The summed E-state index contributed by atoms with van der Waals surface area (Å²) in [5, 5.41) is 4.42. The molecule has 2 aromatic heterocycles. The van der Waals surface area contributed by atoms with Crippen LogP contribution in [-0.4, -0.2) is 62.7 Å². The van der Waals surface area contributed by atoms with Crippen molar-refractivity contribution in [2.45, 2.75) is 18.6 Å². The van der Waals surface area contributed by atoms with Gasteiger partial charge in [0.2, 0.25) is 0 Å². The number of amides is 1. The Morgan fingerprint density at radius 2 is 1.62 bits per heavy atom. The molecular weight excluding hydrogens is 548 g/mol. The molecule has 2 aromatic carbocycles. The van der Waals surface area contributed by atoms with E-state index in [1.165, 1.54) is 17.0 Å². The summed E-state index contributed by atoms with van der Waals surface area (Å²) in [5.74, 6) is -6.54. The second kappa shape index (κ2) is 10.2. The van der Waals surface area contributed by atoms with E-state index >= 15 is 0 Å². The fourth-order valence-corrected chi connectivity index (χ4v) is 4.59. The van der Waals surface area contributed by atoms with Crippen molar-refractivity contribution in [2.24, 2.45) is 0 Å². The van der Waals surface area contributed by atoms with Crippen LogP contribution >= 0.6 is 11.6 Å². The van der Waals surface area contributed by atoms with Gasteiger partial charge in [-0.15, -0.1) is 0 Å². The molecule has 0 saturated carbocycles. The summed E-state index contributed by atoms with van der Waals surface area (Å²) < 4.78 is 82.9. The highest BCUT2D eigenvalue weighted by Crippen LogP contribution is 2.44. The quantitative estimate of drug-likeness (QED) is 0.286. The number of benzene rings is 2. The Labute approximate surface area is 223 Å². The van der Waals surface area contributed by atoms with Gasteiger partial charge in [-0.25, -0.2) is 13.9 Å². The third-order valence-electron chi connectivity index (χ3n) is 6.42. The first-order chi connectivity index (χ1) is 18.4. The zero-order valence-corrected chi connectivity index (χ0v) is 20.9.